The quantitative estimate of drug-likeness (QED) is 0.707. The van der Waals surface area contributed by atoms with Crippen molar-refractivity contribution in [1.82, 2.24) is 19.6 Å². The predicted octanol–water partition coefficient (Wildman–Crippen LogP) is 2.64. The molecule has 0 amide bonds. The van der Waals surface area contributed by atoms with Crippen molar-refractivity contribution < 1.29 is 9.13 Å². The first-order valence-electron chi connectivity index (χ1n) is 8.45. The molecule has 26 heavy (non-hydrogen) atoms. The van der Waals surface area contributed by atoms with Crippen molar-refractivity contribution in [1.29, 1.82) is 0 Å². The van der Waals surface area contributed by atoms with E-state index < -0.39 is 0 Å². The van der Waals surface area contributed by atoms with E-state index in [4.69, 9.17) is 16.3 Å². The molecular weight excluding hydrogens is 359 g/mol. The topological polar surface area (TPSA) is 61.9 Å². The van der Waals surface area contributed by atoms with Crippen LogP contribution in [0.5, 0.6) is 0 Å². The van der Waals surface area contributed by atoms with Gasteiger partial charge in [-0.05, 0) is 6.07 Å². The average Bonchev–Trinajstić information content (AvgIpc) is 2.90. The fraction of sp³-hybridized carbons (Fsp3) is 0.389. The van der Waals surface area contributed by atoms with Crippen molar-refractivity contribution in [3.8, 4) is 0 Å². The molecule has 3 heterocycles. The lowest BCUT2D eigenvalue weighted by Gasteiger charge is -2.10. The Bertz CT molecular complexity index is 1090. The van der Waals surface area contributed by atoms with Crippen molar-refractivity contribution in [2.24, 2.45) is 11.3 Å². The van der Waals surface area contributed by atoms with Crippen molar-refractivity contribution in [3.05, 3.63) is 57.3 Å². The van der Waals surface area contributed by atoms with E-state index in [1.54, 1.807) is 24.4 Å². The van der Waals surface area contributed by atoms with E-state index in [1.165, 1.54) is 15.4 Å². The average molecular weight is 375 g/mol. The summed E-state index contributed by atoms with van der Waals surface area (Å²) in [6.07, 6.45) is 1.57. The Labute approximate surface area is 153 Å². The number of benzene rings is 1. The highest BCUT2D eigenvalue weighted by Crippen LogP contribution is 2.64. The molecule has 0 N–H and O–H groups in total. The second-order valence-electron chi connectivity index (χ2n) is 7.27. The molecule has 3 atom stereocenters. The van der Waals surface area contributed by atoms with Crippen LogP contribution in [-0.2, 0) is 11.3 Å². The number of ether oxygens (including phenoxy) is 1. The van der Waals surface area contributed by atoms with E-state index in [1.807, 2.05) is 0 Å². The SMILES string of the molecule is C[C@@]12COC[C@@H]1[C@H]2n1ncc2c(Cl)n(Cc3ccccc3F)nc2c1=O. The van der Waals surface area contributed by atoms with Crippen molar-refractivity contribution in [2.45, 2.75) is 19.5 Å². The van der Waals surface area contributed by atoms with Gasteiger partial charge in [-0.2, -0.15) is 10.2 Å². The molecular formula is C18H16ClFN4O2. The Hall–Kier alpha value is -2.25. The highest BCUT2D eigenvalue weighted by Gasteiger charge is 2.66. The van der Waals surface area contributed by atoms with Crippen molar-refractivity contribution >= 4 is 22.5 Å². The van der Waals surface area contributed by atoms with Gasteiger partial charge in [0.05, 0.1) is 37.4 Å². The summed E-state index contributed by atoms with van der Waals surface area (Å²) >= 11 is 6.37. The summed E-state index contributed by atoms with van der Waals surface area (Å²) in [5, 5.41) is 9.45. The maximum Gasteiger partial charge on any atom is 0.295 e. The second-order valence-corrected chi connectivity index (χ2v) is 7.63. The molecule has 8 heteroatoms. The van der Waals surface area contributed by atoms with Crippen LogP contribution in [0.15, 0.2) is 35.3 Å². The molecule has 1 aliphatic carbocycles. The fourth-order valence-electron chi connectivity index (χ4n) is 4.06. The number of halogens is 2. The smallest absolute Gasteiger partial charge is 0.295 e. The van der Waals surface area contributed by atoms with Gasteiger partial charge in [0.25, 0.3) is 5.56 Å². The third kappa shape index (κ3) is 2.10. The summed E-state index contributed by atoms with van der Waals surface area (Å²) in [6, 6.07) is 6.46. The van der Waals surface area contributed by atoms with Gasteiger partial charge >= 0.3 is 0 Å². The maximum absolute atomic E-state index is 13.9. The molecule has 1 saturated carbocycles. The van der Waals surface area contributed by atoms with Gasteiger partial charge in [0.1, 0.15) is 11.0 Å². The number of rotatable bonds is 3. The standard InChI is InChI=1S/C18H16ClFN4O2/c1-18-9-26-8-12(18)15(18)24-17(25)14-11(6-21-24)16(19)23(22-14)7-10-4-2-3-5-13(10)20/h2-6,12,15H,7-9H2,1H3/t12-,15-,18-/m1/s1. The summed E-state index contributed by atoms with van der Waals surface area (Å²) in [7, 11) is 0. The van der Waals surface area contributed by atoms with Crippen LogP contribution in [-0.4, -0.2) is 32.8 Å². The molecule has 2 aliphatic rings. The summed E-state index contributed by atoms with van der Waals surface area (Å²) in [5.41, 5.74) is 0.411. The van der Waals surface area contributed by atoms with Crippen LogP contribution in [0, 0.1) is 17.2 Å². The Morgan fingerprint density at radius 1 is 1.42 bits per heavy atom. The summed E-state index contributed by atoms with van der Waals surface area (Å²) in [4.78, 5) is 12.9. The Balaban J connectivity index is 1.57. The predicted molar refractivity (Wildman–Crippen MR) is 93.8 cm³/mol. The molecule has 0 spiro atoms. The molecule has 2 aromatic heterocycles. The number of fused-ring (bicyclic) bond motifs is 2. The van der Waals surface area contributed by atoms with E-state index in [-0.39, 0.29) is 40.0 Å². The first kappa shape index (κ1) is 16.0. The first-order valence-corrected chi connectivity index (χ1v) is 8.83. The highest BCUT2D eigenvalue weighted by molar-refractivity contribution is 6.34. The summed E-state index contributed by atoms with van der Waals surface area (Å²) in [5.74, 6) is -0.0292. The first-order chi connectivity index (χ1) is 12.5. The Morgan fingerprint density at radius 2 is 2.23 bits per heavy atom. The molecule has 1 aliphatic heterocycles. The zero-order valence-corrected chi connectivity index (χ0v) is 14.8. The van der Waals surface area contributed by atoms with Crippen LogP contribution in [0.3, 0.4) is 0 Å². The van der Waals surface area contributed by atoms with E-state index >= 15 is 0 Å². The molecule has 6 nitrogen and oxygen atoms in total. The molecule has 2 fully saturated rings. The normalized spacial score (nSPS) is 27.0. The van der Waals surface area contributed by atoms with Gasteiger partial charge in [-0.1, -0.05) is 36.7 Å². The molecule has 1 saturated heterocycles. The number of hydrogen-bond donors (Lipinski definition) is 0. The zero-order chi connectivity index (χ0) is 18.1. The minimum absolute atomic E-state index is 0.0312. The molecule has 3 aromatic rings. The minimum Gasteiger partial charge on any atom is -0.380 e. The largest absolute Gasteiger partial charge is 0.380 e. The molecule has 134 valence electrons. The summed E-state index contributed by atoms with van der Waals surface area (Å²) < 4.78 is 22.3. The Kier molecular flexibility index (Phi) is 3.30. The molecule has 1 aromatic carbocycles. The number of aromatic nitrogens is 4. The second kappa shape index (κ2) is 5.37. The van der Waals surface area contributed by atoms with Crippen molar-refractivity contribution in [2.75, 3.05) is 13.2 Å². The molecule has 0 radical (unpaired) electrons. The van der Waals surface area contributed by atoms with Gasteiger partial charge < -0.3 is 4.74 Å². The van der Waals surface area contributed by atoms with E-state index in [0.29, 0.717) is 30.1 Å². The van der Waals surface area contributed by atoms with Gasteiger partial charge in [-0.25, -0.2) is 13.8 Å². The number of hydrogen-bond acceptors (Lipinski definition) is 4. The van der Waals surface area contributed by atoms with E-state index in [9.17, 15) is 9.18 Å². The van der Waals surface area contributed by atoms with Crippen molar-refractivity contribution in [3.63, 3.8) is 0 Å². The lowest BCUT2D eigenvalue weighted by atomic mass is 10.1. The van der Waals surface area contributed by atoms with Gasteiger partial charge in [0.15, 0.2) is 5.52 Å². The van der Waals surface area contributed by atoms with Crippen LogP contribution in [0.2, 0.25) is 5.15 Å². The number of nitrogens with zero attached hydrogens (tertiary/aromatic N) is 4. The monoisotopic (exact) mass is 374 g/mol. The van der Waals surface area contributed by atoms with Gasteiger partial charge in [-0.3, -0.25) is 4.79 Å². The van der Waals surface area contributed by atoms with Crippen LogP contribution >= 0.6 is 11.6 Å². The summed E-state index contributed by atoms with van der Waals surface area (Å²) in [6.45, 7) is 3.54. The van der Waals surface area contributed by atoms with Gasteiger partial charge in [0, 0.05) is 16.9 Å². The molecule has 0 unspecified atom stereocenters. The van der Waals surface area contributed by atoms with Gasteiger partial charge in [-0.15, -0.1) is 0 Å². The zero-order valence-electron chi connectivity index (χ0n) is 14.0. The maximum atomic E-state index is 13.9. The third-order valence-electron chi connectivity index (χ3n) is 5.69. The lowest BCUT2D eigenvalue weighted by molar-refractivity contribution is 0.131. The van der Waals surface area contributed by atoms with Crippen LogP contribution in [0.25, 0.3) is 10.9 Å². The van der Waals surface area contributed by atoms with Gasteiger partial charge in [0.2, 0.25) is 0 Å². The fourth-order valence-corrected chi connectivity index (χ4v) is 4.30. The lowest BCUT2D eigenvalue weighted by Crippen LogP contribution is -2.26. The van der Waals surface area contributed by atoms with E-state index in [2.05, 4.69) is 17.1 Å². The highest BCUT2D eigenvalue weighted by atomic mass is 35.5. The van der Waals surface area contributed by atoms with E-state index in [0.717, 1.165) is 0 Å². The molecule has 5 rings (SSSR count). The third-order valence-corrected chi connectivity index (χ3v) is 6.09. The minimum atomic E-state index is -0.336. The molecule has 0 bridgehead atoms. The van der Waals surface area contributed by atoms with Crippen LogP contribution < -0.4 is 5.56 Å². The van der Waals surface area contributed by atoms with Crippen LogP contribution in [0.4, 0.5) is 4.39 Å². The Morgan fingerprint density at radius 3 is 2.96 bits per heavy atom. The van der Waals surface area contributed by atoms with Crippen LogP contribution in [0.1, 0.15) is 18.5 Å².